The number of rotatable bonds is 5. The molecule has 0 aromatic heterocycles. The topological polar surface area (TPSA) is 71.4 Å². The smallest absolute Gasteiger partial charge is 0.304 e. The van der Waals surface area contributed by atoms with Crippen molar-refractivity contribution in [3.05, 3.63) is 53.6 Å². The normalized spacial score (nSPS) is 11.3. The number of carboxylic acids is 1. The summed E-state index contributed by atoms with van der Waals surface area (Å²) in [6, 6.07) is 13.5. The van der Waals surface area contributed by atoms with Gasteiger partial charge in [0.05, 0.1) is 17.1 Å². The maximum Gasteiger partial charge on any atom is 0.304 e. The lowest BCUT2D eigenvalue weighted by atomic mass is 10.1. The summed E-state index contributed by atoms with van der Waals surface area (Å²) in [5, 5.41) is 9.15. The first-order chi connectivity index (χ1) is 9.90. The fourth-order valence-electron chi connectivity index (χ4n) is 1.88. The first kappa shape index (κ1) is 15.5. The molecule has 2 rings (SSSR count). The highest BCUT2D eigenvalue weighted by Crippen LogP contribution is 2.28. The second kappa shape index (κ2) is 6.28. The molecule has 0 saturated carbocycles. The van der Waals surface area contributed by atoms with E-state index in [-0.39, 0.29) is 4.90 Å². The lowest BCUT2D eigenvalue weighted by molar-refractivity contribution is -0.136. The Balaban J connectivity index is 2.27. The van der Waals surface area contributed by atoms with Crippen LogP contribution < -0.4 is 0 Å². The van der Waals surface area contributed by atoms with E-state index in [0.717, 1.165) is 11.1 Å². The second-order valence-corrected chi connectivity index (χ2v) is 6.98. The van der Waals surface area contributed by atoms with Crippen molar-refractivity contribution in [2.45, 2.75) is 11.3 Å². The lowest BCUT2D eigenvalue weighted by Crippen LogP contribution is -2.10. The first-order valence-electron chi connectivity index (χ1n) is 6.20. The predicted molar refractivity (Wildman–Crippen MR) is 81.2 cm³/mol. The van der Waals surface area contributed by atoms with Crippen LogP contribution in [0.25, 0.3) is 11.1 Å². The Morgan fingerprint density at radius 3 is 2.24 bits per heavy atom. The number of aliphatic carboxylic acids is 1. The van der Waals surface area contributed by atoms with Gasteiger partial charge in [-0.3, -0.25) is 4.79 Å². The minimum absolute atomic E-state index is 0.111. The third kappa shape index (κ3) is 3.83. The molecular formula is C15H13ClO4S. The SMILES string of the molecule is O=C(O)CCS(=O)(=O)c1ccc(-c2ccccc2Cl)cc1. The number of sulfone groups is 1. The van der Waals surface area contributed by atoms with E-state index >= 15 is 0 Å². The van der Waals surface area contributed by atoms with Crippen molar-refractivity contribution in [3.8, 4) is 11.1 Å². The Kier molecular flexibility index (Phi) is 4.65. The molecule has 0 aliphatic heterocycles. The van der Waals surface area contributed by atoms with E-state index in [4.69, 9.17) is 16.7 Å². The Morgan fingerprint density at radius 2 is 1.67 bits per heavy atom. The average molecular weight is 325 g/mol. The molecule has 0 saturated heterocycles. The summed E-state index contributed by atoms with van der Waals surface area (Å²) in [5.41, 5.74) is 1.62. The van der Waals surface area contributed by atoms with Crippen molar-refractivity contribution in [1.82, 2.24) is 0 Å². The van der Waals surface area contributed by atoms with Gasteiger partial charge in [-0.15, -0.1) is 0 Å². The van der Waals surface area contributed by atoms with Gasteiger partial charge in [0.1, 0.15) is 0 Å². The van der Waals surface area contributed by atoms with Gasteiger partial charge in [0.25, 0.3) is 0 Å². The number of hydrogen-bond donors (Lipinski definition) is 1. The zero-order valence-electron chi connectivity index (χ0n) is 11.0. The van der Waals surface area contributed by atoms with Crippen molar-refractivity contribution < 1.29 is 18.3 Å². The summed E-state index contributed by atoms with van der Waals surface area (Å²) >= 11 is 6.09. The number of benzene rings is 2. The van der Waals surface area contributed by atoms with E-state index in [9.17, 15) is 13.2 Å². The standard InChI is InChI=1S/C15H13ClO4S/c16-14-4-2-1-3-13(14)11-5-7-12(8-6-11)21(19,20)10-9-15(17)18/h1-8H,9-10H2,(H,17,18). The van der Waals surface area contributed by atoms with Crippen LogP contribution in [-0.4, -0.2) is 25.2 Å². The van der Waals surface area contributed by atoms with Gasteiger partial charge in [0.2, 0.25) is 0 Å². The van der Waals surface area contributed by atoms with Crippen LogP contribution in [0, 0.1) is 0 Å². The van der Waals surface area contributed by atoms with Gasteiger partial charge in [-0.25, -0.2) is 8.42 Å². The van der Waals surface area contributed by atoms with Crippen molar-refractivity contribution in [2.24, 2.45) is 0 Å². The van der Waals surface area contributed by atoms with E-state index in [0.29, 0.717) is 5.02 Å². The van der Waals surface area contributed by atoms with Crippen LogP contribution in [0.15, 0.2) is 53.4 Å². The summed E-state index contributed by atoms with van der Waals surface area (Å²) < 4.78 is 23.9. The van der Waals surface area contributed by atoms with E-state index in [1.807, 2.05) is 18.2 Å². The van der Waals surface area contributed by atoms with Crippen molar-refractivity contribution in [3.63, 3.8) is 0 Å². The molecule has 0 amide bonds. The van der Waals surface area contributed by atoms with Gasteiger partial charge in [0, 0.05) is 10.6 Å². The molecular weight excluding hydrogens is 312 g/mol. The molecule has 110 valence electrons. The fraction of sp³-hybridized carbons (Fsp3) is 0.133. The summed E-state index contributed by atoms with van der Waals surface area (Å²) in [4.78, 5) is 10.6. The Labute approximate surface area is 127 Å². The molecule has 0 unspecified atom stereocenters. The molecule has 0 bridgehead atoms. The zero-order valence-corrected chi connectivity index (χ0v) is 12.6. The molecule has 0 atom stereocenters. The molecule has 6 heteroatoms. The molecule has 4 nitrogen and oxygen atoms in total. The van der Waals surface area contributed by atoms with Crippen LogP contribution in [-0.2, 0) is 14.6 Å². The second-order valence-electron chi connectivity index (χ2n) is 4.47. The zero-order chi connectivity index (χ0) is 15.5. The summed E-state index contributed by atoms with van der Waals surface area (Å²) in [5.74, 6) is -1.54. The molecule has 1 N–H and O–H groups in total. The molecule has 0 radical (unpaired) electrons. The quantitative estimate of drug-likeness (QED) is 0.916. The van der Waals surface area contributed by atoms with Crippen LogP contribution in [0.4, 0.5) is 0 Å². The molecule has 0 aliphatic rings. The van der Waals surface area contributed by atoms with Gasteiger partial charge in [-0.2, -0.15) is 0 Å². The van der Waals surface area contributed by atoms with Crippen LogP contribution in [0.1, 0.15) is 6.42 Å². The Hall–Kier alpha value is -1.85. The summed E-state index contributed by atoms with van der Waals surface area (Å²) in [6.07, 6.45) is -0.408. The van der Waals surface area contributed by atoms with Crippen LogP contribution in [0.2, 0.25) is 5.02 Å². The molecule has 2 aromatic rings. The van der Waals surface area contributed by atoms with Crippen molar-refractivity contribution >= 4 is 27.4 Å². The van der Waals surface area contributed by atoms with Crippen LogP contribution >= 0.6 is 11.6 Å². The Bertz CT molecular complexity index is 751. The third-order valence-electron chi connectivity index (χ3n) is 2.98. The van der Waals surface area contributed by atoms with Crippen LogP contribution in [0.5, 0.6) is 0 Å². The molecule has 0 spiro atoms. The van der Waals surface area contributed by atoms with Crippen molar-refractivity contribution in [2.75, 3.05) is 5.75 Å². The average Bonchev–Trinajstić information content (AvgIpc) is 2.46. The number of halogens is 1. The van der Waals surface area contributed by atoms with Gasteiger partial charge in [-0.05, 0) is 23.8 Å². The van der Waals surface area contributed by atoms with Crippen LogP contribution in [0.3, 0.4) is 0 Å². The third-order valence-corrected chi connectivity index (χ3v) is 5.04. The maximum atomic E-state index is 12.0. The molecule has 21 heavy (non-hydrogen) atoms. The highest BCUT2D eigenvalue weighted by molar-refractivity contribution is 7.91. The predicted octanol–water partition coefficient (Wildman–Crippen LogP) is 3.26. The first-order valence-corrected chi connectivity index (χ1v) is 8.23. The van der Waals surface area contributed by atoms with Gasteiger partial charge < -0.3 is 5.11 Å². The highest BCUT2D eigenvalue weighted by Gasteiger charge is 2.16. The van der Waals surface area contributed by atoms with Gasteiger partial charge >= 0.3 is 5.97 Å². The largest absolute Gasteiger partial charge is 0.481 e. The lowest BCUT2D eigenvalue weighted by Gasteiger charge is -2.06. The molecule has 2 aromatic carbocycles. The van der Waals surface area contributed by atoms with E-state index < -0.39 is 28.0 Å². The fourth-order valence-corrected chi connectivity index (χ4v) is 3.35. The van der Waals surface area contributed by atoms with Gasteiger partial charge in [0.15, 0.2) is 9.84 Å². The van der Waals surface area contributed by atoms with E-state index in [1.165, 1.54) is 12.1 Å². The highest BCUT2D eigenvalue weighted by atomic mass is 35.5. The number of carboxylic acid groups (broad SMARTS) is 1. The maximum absolute atomic E-state index is 12.0. The van der Waals surface area contributed by atoms with Crippen molar-refractivity contribution in [1.29, 1.82) is 0 Å². The summed E-state index contributed by atoms with van der Waals surface area (Å²) in [7, 11) is -3.58. The van der Waals surface area contributed by atoms with E-state index in [2.05, 4.69) is 0 Å². The van der Waals surface area contributed by atoms with Gasteiger partial charge in [-0.1, -0.05) is 41.9 Å². The minimum atomic E-state index is -3.58. The molecule has 0 heterocycles. The number of hydrogen-bond acceptors (Lipinski definition) is 3. The molecule has 0 fully saturated rings. The van der Waals surface area contributed by atoms with E-state index in [1.54, 1.807) is 18.2 Å². The number of carbonyl (C=O) groups is 1. The Morgan fingerprint density at radius 1 is 1.05 bits per heavy atom. The summed E-state index contributed by atoms with van der Waals surface area (Å²) in [6.45, 7) is 0. The minimum Gasteiger partial charge on any atom is -0.481 e. The monoisotopic (exact) mass is 324 g/mol. The molecule has 0 aliphatic carbocycles.